The van der Waals surface area contributed by atoms with E-state index < -0.39 is 30.1 Å². The fourth-order valence-corrected chi connectivity index (χ4v) is 5.07. The lowest BCUT2D eigenvalue weighted by Gasteiger charge is -2.30. The third-order valence-corrected chi connectivity index (χ3v) is 6.55. The van der Waals surface area contributed by atoms with Crippen LogP contribution >= 0.6 is 0 Å². The topological polar surface area (TPSA) is 119 Å². The van der Waals surface area contributed by atoms with Crippen molar-refractivity contribution in [3.63, 3.8) is 0 Å². The molecule has 5 unspecified atom stereocenters. The van der Waals surface area contributed by atoms with Crippen molar-refractivity contribution in [2.45, 2.75) is 70.3 Å². The number of nitrogens with zero attached hydrogens (tertiary/aromatic N) is 2. The number of likely N-dealkylation sites (tertiary alicyclic amines) is 1. The molecule has 1 aromatic carbocycles. The molecule has 9 heteroatoms. The number of nitrogens with one attached hydrogen (secondary N) is 2. The van der Waals surface area contributed by atoms with Crippen molar-refractivity contribution in [1.82, 2.24) is 20.4 Å². The highest BCUT2D eigenvalue weighted by molar-refractivity contribution is 5.97. The summed E-state index contributed by atoms with van der Waals surface area (Å²) in [6.45, 7) is 6.41. The summed E-state index contributed by atoms with van der Waals surface area (Å²) < 4.78 is 0. The Morgan fingerprint density at radius 1 is 1.21 bits per heavy atom. The third kappa shape index (κ3) is 4.73. The minimum Gasteiger partial charge on any atom is -0.378 e. The predicted octanol–water partition coefficient (Wildman–Crippen LogP) is 0.341. The average Bonchev–Trinajstić information content (AvgIpc) is 3.33. The van der Waals surface area contributed by atoms with Gasteiger partial charge in [0.2, 0.25) is 17.7 Å². The molecule has 3 aliphatic rings. The molecule has 3 N–H and O–H groups in total. The molecule has 4 amide bonds. The van der Waals surface area contributed by atoms with Gasteiger partial charge in [0, 0.05) is 25.6 Å². The van der Waals surface area contributed by atoms with E-state index in [1.54, 1.807) is 30.3 Å². The molecule has 5 atom stereocenters. The Hall–Kier alpha value is -2.94. The van der Waals surface area contributed by atoms with Crippen molar-refractivity contribution >= 4 is 23.6 Å². The highest BCUT2D eigenvalue weighted by Gasteiger charge is 2.53. The number of amides is 4. The van der Waals surface area contributed by atoms with E-state index in [0.717, 1.165) is 0 Å². The maximum atomic E-state index is 13.5. The van der Waals surface area contributed by atoms with Crippen LogP contribution in [0.4, 0.5) is 0 Å². The first-order valence-corrected chi connectivity index (χ1v) is 11.5. The number of rotatable bonds is 4. The molecule has 1 aromatic rings. The van der Waals surface area contributed by atoms with Crippen LogP contribution in [0, 0.1) is 5.41 Å². The second-order valence-corrected chi connectivity index (χ2v) is 10.4. The summed E-state index contributed by atoms with van der Waals surface area (Å²) in [7, 11) is 0. The summed E-state index contributed by atoms with van der Waals surface area (Å²) in [5, 5.41) is 16.5. The van der Waals surface area contributed by atoms with Crippen LogP contribution in [0.15, 0.2) is 30.3 Å². The van der Waals surface area contributed by atoms with Crippen LogP contribution in [0.1, 0.15) is 51.7 Å². The van der Waals surface area contributed by atoms with Gasteiger partial charge in [0.05, 0.1) is 6.04 Å². The Bertz CT molecular complexity index is 944. The standard InChI is InChI=1S/C24H32N4O5/c1-24(2,3)12-18(29)25-15-11-17-21(31)26-16-9-10-27(19(16)22(32)28(17)13-15)23(33)20(30)14-7-5-4-6-8-14/h4-8,15-17,19-20,30H,9-13H2,1-3H3,(H,25,29)(H,26,31). The number of carbonyl (C=O) groups is 4. The fourth-order valence-electron chi connectivity index (χ4n) is 5.07. The first-order valence-electron chi connectivity index (χ1n) is 11.5. The maximum absolute atomic E-state index is 13.5. The van der Waals surface area contributed by atoms with E-state index in [0.29, 0.717) is 24.8 Å². The summed E-state index contributed by atoms with van der Waals surface area (Å²) in [5.41, 5.74) is 0.287. The van der Waals surface area contributed by atoms with E-state index in [2.05, 4.69) is 10.6 Å². The molecule has 178 valence electrons. The Morgan fingerprint density at radius 2 is 1.91 bits per heavy atom. The van der Waals surface area contributed by atoms with Crippen LogP contribution in [0.3, 0.4) is 0 Å². The zero-order valence-corrected chi connectivity index (χ0v) is 19.3. The zero-order valence-electron chi connectivity index (χ0n) is 19.3. The van der Waals surface area contributed by atoms with E-state index in [9.17, 15) is 24.3 Å². The van der Waals surface area contributed by atoms with Crippen LogP contribution in [-0.4, -0.2) is 75.8 Å². The van der Waals surface area contributed by atoms with Gasteiger partial charge in [-0.3, -0.25) is 19.2 Å². The number of carbonyl (C=O) groups excluding carboxylic acids is 4. The smallest absolute Gasteiger partial charge is 0.256 e. The molecule has 9 nitrogen and oxygen atoms in total. The molecule has 3 saturated heterocycles. The molecule has 0 aromatic heterocycles. The number of fused-ring (bicyclic) bond motifs is 2. The molecular formula is C24H32N4O5. The van der Waals surface area contributed by atoms with Crippen molar-refractivity contribution in [3.05, 3.63) is 35.9 Å². The molecule has 0 aliphatic carbocycles. The Morgan fingerprint density at radius 3 is 2.58 bits per heavy atom. The average molecular weight is 457 g/mol. The quantitative estimate of drug-likeness (QED) is 0.604. The molecule has 0 radical (unpaired) electrons. The summed E-state index contributed by atoms with van der Waals surface area (Å²) in [6, 6.07) is 6.22. The van der Waals surface area contributed by atoms with Crippen molar-refractivity contribution in [2.24, 2.45) is 5.41 Å². The Labute approximate surface area is 193 Å². The van der Waals surface area contributed by atoms with Crippen LogP contribution in [0.2, 0.25) is 0 Å². The summed E-state index contributed by atoms with van der Waals surface area (Å²) in [4.78, 5) is 54.8. The minimum absolute atomic E-state index is 0.112. The highest BCUT2D eigenvalue weighted by Crippen LogP contribution is 2.31. The van der Waals surface area contributed by atoms with Crippen LogP contribution < -0.4 is 10.6 Å². The number of hydrogen-bond acceptors (Lipinski definition) is 5. The summed E-state index contributed by atoms with van der Waals surface area (Å²) in [5.74, 6) is -1.24. The molecule has 3 heterocycles. The van der Waals surface area contributed by atoms with Crippen molar-refractivity contribution in [1.29, 1.82) is 0 Å². The third-order valence-electron chi connectivity index (χ3n) is 6.55. The molecule has 4 rings (SSSR count). The first kappa shape index (κ1) is 23.2. The van der Waals surface area contributed by atoms with E-state index in [1.807, 2.05) is 20.8 Å². The van der Waals surface area contributed by atoms with E-state index in [1.165, 1.54) is 9.80 Å². The zero-order chi connectivity index (χ0) is 23.9. The van der Waals surface area contributed by atoms with Gasteiger partial charge in [0.25, 0.3) is 5.91 Å². The second-order valence-electron chi connectivity index (χ2n) is 10.4. The molecule has 0 spiro atoms. The fraction of sp³-hybridized carbons (Fsp3) is 0.583. The first-order chi connectivity index (χ1) is 15.5. The van der Waals surface area contributed by atoms with E-state index >= 15 is 0 Å². The van der Waals surface area contributed by atoms with Crippen LogP contribution in [0.5, 0.6) is 0 Å². The second kappa shape index (κ2) is 8.78. The maximum Gasteiger partial charge on any atom is 0.256 e. The minimum atomic E-state index is -1.38. The number of hydrogen-bond donors (Lipinski definition) is 3. The van der Waals surface area contributed by atoms with Crippen molar-refractivity contribution in [2.75, 3.05) is 13.1 Å². The lowest BCUT2D eigenvalue weighted by Crippen LogP contribution is -2.53. The number of aliphatic hydroxyl groups excluding tert-OH is 1. The van der Waals surface area contributed by atoms with Gasteiger partial charge < -0.3 is 25.5 Å². The lowest BCUT2D eigenvalue weighted by atomic mass is 9.92. The number of aliphatic hydroxyl groups is 1. The molecule has 0 bridgehead atoms. The van der Waals surface area contributed by atoms with E-state index in [4.69, 9.17) is 0 Å². The van der Waals surface area contributed by atoms with Crippen LogP contribution in [-0.2, 0) is 19.2 Å². The van der Waals surface area contributed by atoms with Gasteiger partial charge in [0.15, 0.2) is 6.10 Å². The molecule has 3 aliphatic heterocycles. The van der Waals surface area contributed by atoms with Gasteiger partial charge >= 0.3 is 0 Å². The predicted molar refractivity (Wildman–Crippen MR) is 120 cm³/mol. The van der Waals surface area contributed by atoms with Gasteiger partial charge in [-0.2, -0.15) is 0 Å². The Kier molecular flexibility index (Phi) is 6.18. The monoisotopic (exact) mass is 456 g/mol. The number of benzene rings is 1. The van der Waals surface area contributed by atoms with Gasteiger partial charge in [-0.25, -0.2) is 0 Å². The van der Waals surface area contributed by atoms with Crippen LogP contribution in [0.25, 0.3) is 0 Å². The molecule has 33 heavy (non-hydrogen) atoms. The van der Waals surface area contributed by atoms with Crippen molar-refractivity contribution in [3.8, 4) is 0 Å². The molecular weight excluding hydrogens is 424 g/mol. The largest absolute Gasteiger partial charge is 0.378 e. The normalized spacial score (nSPS) is 28.0. The highest BCUT2D eigenvalue weighted by atomic mass is 16.3. The summed E-state index contributed by atoms with van der Waals surface area (Å²) >= 11 is 0. The molecule has 3 fully saturated rings. The van der Waals surface area contributed by atoms with Crippen molar-refractivity contribution < 1.29 is 24.3 Å². The lowest BCUT2D eigenvalue weighted by molar-refractivity contribution is -0.149. The van der Waals surface area contributed by atoms with Gasteiger partial charge in [0.1, 0.15) is 12.1 Å². The Balaban J connectivity index is 1.50. The summed E-state index contributed by atoms with van der Waals surface area (Å²) in [6.07, 6.45) is -0.246. The van der Waals surface area contributed by atoms with E-state index in [-0.39, 0.29) is 42.3 Å². The molecule has 0 saturated carbocycles. The van der Waals surface area contributed by atoms with Gasteiger partial charge in [-0.15, -0.1) is 0 Å². The SMILES string of the molecule is CC(C)(C)CC(=O)NC1CC2C(=O)NC3CCN(C(=O)C(O)c4ccccc4)C3C(=O)N2C1. The van der Waals surface area contributed by atoms with Gasteiger partial charge in [-0.05, 0) is 23.8 Å². The van der Waals surface area contributed by atoms with Gasteiger partial charge in [-0.1, -0.05) is 51.1 Å².